The summed E-state index contributed by atoms with van der Waals surface area (Å²) >= 11 is 0. The molecular formula is C30H22F8O8. The van der Waals surface area contributed by atoms with Gasteiger partial charge in [0.1, 0.15) is 35.8 Å². The van der Waals surface area contributed by atoms with Gasteiger partial charge in [-0.2, -0.15) is 26.3 Å². The Hall–Kier alpha value is -5.28. The van der Waals surface area contributed by atoms with Crippen molar-refractivity contribution in [2.45, 2.75) is 25.6 Å². The lowest BCUT2D eigenvalue weighted by atomic mass is 10.0. The van der Waals surface area contributed by atoms with Crippen molar-refractivity contribution in [2.24, 2.45) is 0 Å². The zero-order valence-corrected chi connectivity index (χ0v) is 23.3. The first-order valence-electron chi connectivity index (χ1n) is 12.6. The number of halogens is 8. The number of carbonyl (C=O) groups is 2. The Labute approximate surface area is 255 Å². The van der Waals surface area contributed by atoms with Gasteiger partial charge in [0.15, 0.2) is 23.1 Å². The Kier molecular flexibility index (Phi) is 11.6. The van der Waals surface area contributed by atoms with Crippen LogP contribution in [0.5, 0.6) is 23.0 Å². The van der Waals surface area contributed by atoms with Crippen LogP contribution in [0.4, 0.5) is 35.1 Å². The standard InChI is InChI=1S/C30H22F8O8/c1-3-25(39)45-15-43-21-7-5-17(11-19(21)31)13-41-23-9-10-24(28(30(36,37)38)27(23)29(33,34)35)42-14-18-6-8-22(20(32)12-18)44-16-46-26(40)4-2/h3-12H,1-2,13-16H2. The summed E-state index contributed by atoms with van der Waals surface area (Å²) < 4.78 is 142. The molecule has 3 rings (SSSR count). The van der Waals surface area contributed by atoms with Crippen molar-refractivity contribution >= 4 is 11.9 Å². The second kappa shape index (κ2) is 15.1. The molecule has 0 unspecified atom stereocenters. The fourth-order valence-corrected chi connectivity index (χ4v) is 3.61. The Balaban J connectivity index is 1.80. The molecule has 0 atom stereocenters. The van der Waals surface area contributed by atoms with Crippen LogP contribution in [0.3, 0.4) is 0 Å². The summed E-state index contributed by atoms with van der Waals surface area (Å²) in [4.78, 5) is 22.0. The molecule has 0 saturated heterocycles. The first-order valence-corrected chi connectivity index (χ1v) is 12.6. The number of carbonyl (C=O) groups excluding carboxylic acids is 2. The summed E-state index contributed by atoms with van der Waals surface area (Å²) in [6.45, 7) is 3.39. The summed E-state index contributed by atoms with van der Waals surface area (Å²) in [5, 5.41) is 0. The maximum absolute atomic E-state index is 14.4. The maximum Gasteiger partial charge on any atom is 0.420 e. The molecule has 0 N–H and O–H groups in total. The normalized spacial score (nSPS) is 11.3. The molecule has 0 aliphatic rings. The number of rotatable bonds is 14. The molecule has 0 radical (unpaired) electrons. The SMILES string of the molecule is C=CC(=O)OCOc1ccc(COc2ccc(OCc3ccc(OCOC(=O)C=C)c(F)c3)c(C(F)(F)F)c2C(F)(F)F)cc1F. The van der Waals surface area contributed by atoms with Gasteiger partial charge in [-0.25, -0.2) is 18.4 Å². The minimum absolute atomic E-state index is 0.0803. The molecule has 8 nitrogen and oxygen atoms in total. The van der Waals surface area contributed by atoms with E-state index in [1.54, 1.807) is 0 Å². The first-order chi connectivity index (χ1) is 21.6. The number of hydrogen-bond acceptors (Lipinski definition) is 8. The third-order valence-corrected chi connectivity index (χ3v) is 5.64. The summed E-state index contributed by atoms with van der Waals surface area (Å²) in [6, 6.07) is 7.18. The van der Waals surface area contributed by atoms with Crippen molar-refractivity contribution in [3.63, 3.8) is 0 Å². The molecule has 16 heteroatoms. The van der Waals surface area contributed by atoms with E-state index >= 15 is 0 Å². The second-order valence-corrected chi connectivity index (χ2v) is 8.77. The molecule has 3 aromatic carbocycles. The Morgan fingerprint density at radius 2 is 0.935 bits per heavy atom. The van der Waals surface area contributed by atoms with Crippen LogP contribution in [0.1, 0.15) is 22.3 Å². The predicted octanol–water partition coefficient (Wildman–Crippen LogP) is 7.29. The van der Waals surface area contributed by atoms with Gasteiger partial charge < -0.3 is 28.4 Å². The number of esters is 2. The molecule has 0 amide bonds. The summed E-state index contributed by atoms with van der Waals surface area (Å²) in [7, 11) is 0. The van der Waals surface area contributed by atoms with Crippen molar-refractivity contribution in [3.8, 4) is 23.0 Å². The number of hydrogen-bond donors (Lipinski definition) is 0. The van der Waals surface area contributed by atoms with Gasteiger partial charge in [0.05, 0.1) is 0 Å². The summed E-state index contributed by atoms with van der Waals surface area (Å²) in [6.07, 6.45) is -9.51. The lowest BCUT2D eigenvalue weighted by molar-refractivity contribution is -0.164. The van der Waals surface area contributed by atoms with Gasteiger partial charge in [0.25, 0.3) is 0 Å². The Bertz CT molecular complexity index is 1470. The van der Waals surface area contributed by atoms with Crippen LogP contribution >= 0.6 is 0 Å². The fraction of sp³-hybridized carbons (Fsp3) is 0.200. The fourth-order valence-electron chi connectivity index (χ4n) is 3.61. The van der Waals surface area contributed by atoms with Crippen molar-refractivity contribution in [2.75, 3.05) is 13.6 Å². The molecule has 0 fully saturated rings. The van der Waals surface area contributed by atoms with Crippen molar-refractivity contribution < 1.29 is 73.1 Å². The van der Waals surface area contributed by atoms with E-state index < -0.39 is 96.9 Å². The van der Waals surface area contributed by atoms with E-state index in [0.717, 1.165) is 48.6 Å². The lowest BCUT2D eigenvalue weighted by Crippen LogP contribution is -2.20. The highest BCUT2D eigenvalue weighted by atomic mass is 19.4. The van der Waals surface area contributed by atoms with Crippen LogP contribution in [0, 0.1) is 11.6 Å². The van der Waals surface area contributed by atoms with Gasteiger partial charge in [-0.05, 0) is 47.5 Å². The monoisotopic (exact) mass is 662 g/mol. The van der Waals surface area contributed by atoms with Crippen LogP contribution in [-0.2, 0) is 44.6 Å². The molecule has 46 heavy (non-hydrogen) atoms. The van der Waals surface area contributed by atoms with Gasteiger partial charge in [0, 0.05) is 12.2 Å². The summed E-state index contributed by atoms with van der Waals surface area (Å²) in [5.41, 5.74) is -4.57. The molecule has 0 spiro atoms. The van der Waals surface area contributed by atoms with E-state index in [1.165, 1.54) is 0 Å². The minimum Gasteiger partial charge on any atom is -0.488 e. The average Bonchev–Trinajstić information content (AvgIpc) is 2.99. The van der Waals surface area contributed by atoms with Crippen LogP contribution < -0.4 is 18.9 Å². The number of benzene rings is 3. The van der Waals surface area contributed by atoms with Crippen molar-refractivity contribution in [3.05, 3.63) is 108 Å². The molecule has 0 aromatic heterocycles. The van der Waals surface area contributed by atoms with Gasteiger partial charge >= 0.3 is 24.3 Å². The van der Waals surface area contributed by atoms with Crippen LogP contribution in [0.15, 0.2) is 73.8 Å². The van der Waals surface area contributed by atoms with Gasteiger partial charge in [-0.3, -0.25) is 0 Å². The smallest absolute Gasteiger partial charge is 0.420 e. The molecule has 0 heterocycles. The topological polar surface area (TPSA) is 89.5 Å². The molecule has 3 aromatic rings. The van der Waals surface area contributed by atoms with Crippen LogP contribution in [0.2, 0.25) is 0 Å². The first kappa shape index (κ1) is 35.2. The average molecular weight is 662 g/mol. The molecule has 0 aliphatic heterocycles. The van der Waals surface area contributed by atoms with E-state index in [9.17, 15) is 44.7 Å². The predicted molar refractivity (Wildman–Crippen MR) is 141 cm³/mol. The third-order valence-electron chi connectivity index (χ3n) is 5.64. The molecular weight excluding hydrogens is 640 g/mol. The molecule has 0 saturated carbocycles. The molecule has 246 valence electrons. The van der Waals surface area contributed by atoms with Crippen LogP contribution in [-0.4, -0.2) is 25.5 Å². The highest BCUT2D eigenvalue weighted by molar-refractivity contribution is 5.81. The second-order valence-electron chi connectivity index (χ2n) is 8.77. The quantitative estimate of drug-likeness (QED) is 0.0770. The highest BCUT2D eigenvalue weighted by Gasteiger charge is 2.48. The largest absolute Gasteiger partial charge is 0.488 e. The zero-order chi connectivity index (χ0) is 34.1. The van der Waals surface area contributed by atoms with E-state index in [2.05, 4.69) is 22.6 Å². The summed E-state index contributed by atoms with van der Waals surface area (Å²) in [5.74, 6) is -7.00. The zero-order valence-electron chi connectivity index (χ0n) is 23.3. The Morgan fingerprint density at radius 1 is 0.587 bits per heavy atom. The van der Waals surface area contributed by atoms with Gasteiger partial charge in [-0.15, -0.1) is 0 Å². The van der Waals surface area contributed by atoms with Crippen molar-refractivity contribution in [1.82, 2.24) is 0 Å². The number of alkyl halides is 6. The van der Waals surface area contributed by atoms with E-state index in [4.69, 9.17) is 18.9 Å². The third kappa shape index (κ3) is 9.61. The minimum atomic E-state index is -5.59. The number of ether oxygens (including phenoxy) is 6. The van der Waals surface area contributed by atoms with E-state index in [-0.39, 0.29) is 11.1 Å². The molecule has 0 bridgehead atoms. The van der Waals surface area contributed by atoms with Gasteiger partial charge in [-0.1, -0.05) is 25.3 Å². The molecule has 0 aliphatic carbocycles. The lowest BCUT2D eigenvalue weighted by Gasteiger charge is -2.22. The van der Waals surface area contributed by atoms with E-state index in [0.29, 0.717) is 12.1 Å². The van der Waals surface area contributed by atoms with Crippen molar-refractivity contribution in [1.29, 1.82) is 0 Å². The van der Waals surface area contributed by atoms with Gasteiger partial charge in [0.2, 0.25) is 13.6 Å². The van der Waals surface area contributed by atoms with Crippen LogP contribution in [0.25, 0.3) is 0 Å². The maximum atomic E-state index is 14.4. The van der Waals surface area contributed by atoms with E-state index in [1.807, 2.05) is 0 Å². The highest BCUT2D eigenvalue weighted by Crippen LogP contribution is 2.49. The Morgan fingerprint density at radius 3 is 1.24 bits per heavy atom.